The maximum absolute atomic E-state index is 11.8. The Morgan fingerprint density at radius 1 is 1.31 bits per heavy atom. The van der Waals surface area contributed by atoms with E-state index in [1.165, 1.54) is 5.56 Å². The summed E-state index contributed by atoms with van der Waals surface area (Å²) in [4.78, 5) is 11.8. The van der Waals surface area contributed by atoms with Crippen LogP contribution in [-0.4, -0.2) is 5.91 Å². The van der Waals surface area contributed by atoms with Crippen LogP contribution in [0.5, 0.6) is 0 Å². The number of rotatable bonds is 2. The first-order chi connectivity index (χ1) is 7.72. The Kier molecular flexibility index (Phi) is 3.28. The lowest BCUT2D eigenvalue weighted by Gasteiger charge is -2.34. The zero-order valence-corrected chi connectivity index (χ0v) is 9.94. The van der Waals surface area contributed by atoms with Gasteiger partial charge in [-0.2, -0.15) is 0 Å². The summed E-state index contributed by atoms with van der Waals surface area (Å²) >= 11 is 0. The highest BCUT2D eigenvalue weighted by Crippen LogP contribution is 2.32. The van der Waals surface area contributed by atoms with Gasteiger partial charge in [0, 0.05) is 5.92 Å². The van der Waals surface area contributed by atoms with Gasteiger partial charge in [0.25, 0.3) is 0 Å². The third-order valence-corrected chi connectivity index (χ3v) is 3.70. The van der Waals surface area contributed by atoms with Gasteiger partial charge in [-0.15, -0.1) is 0 Å². The second-order valence-corrected chi connectivity index (χ2v) is 4.66. The highest BCUT2D eigenvalue weighted by molar-refractivity contribution is 5.80. The summed E-state index contributed by atoms with van der Waals surface area (Å²) in [6, 6.07) is 10.4. The van der Waals surface area contributed by atoms with Crippen molar-refractivity contribution in [2.75, 3.05) is 0 Å². The fraction of sp³-hybridized carbons (Fsp3) is 0.500. The van der Waals surface area contributed by atoms with Crippen molar-refractivity contribution in [3.8, 4) is 0 Å². The molecule has 0 bridgehead atoms. The molecule has 2 heteroatoms. The van der Waals surface area contributed by atoms with Crippen LogP contribution in [0, 0.1) is 11.8 Å². The highest BCUT2D eigenvalue weighted by Gasteiger charge is 2.32. The maximum Gasteiger partial charge on any atom is 0.223 e. The van der Waals surface area contributed by atoms with Crippen LogP contribution in [-0.2, 0) is 4.79 Å². The van der Waals surface area contributed by atoms with Crippen molar-refractivity contribution in [3.63, 3.8) is 0 Å². The lowest BCUT2D eigenvalue weighted by atomic mass is 9.80. The molecule has 86 valence electrons. The number of benzene rings is 1. The molecule has 0 spiro atoms. The standard InChI is InChI=1S/C14H19NO/c1-3-11-9-13(15-14(16)10(11)2)12-7-5-4-6-8-12/h4-8,10-11,13H,3,9H2,1-2H3,(H,15,16)/t10-,11+,13?/m1/s1. The molecule has 1 heterocycles. The van der Waals surface area contributed by atoms with E-state index in [1.54, 1.807) is 0 Å². The van der Waals surface area contributed by atoms with Gasteiger partial charge in [-0.25, -0.2) is 0 Å². The number of hydrogen-bond donors (Lipinski definition) is 1. The third-order valence-electron chi connectivity index (χ3n) is 3.70. The van der Waals surface area contributed by atoms with Gasteiger partial charge in [-0.05, 0) is 17.9 Å². The summed E-state index contributed by atoms with van der Waals surface area (Å²) in [6.45, 7) is 4.20. The molecular weight excluding hydrogens is 198 g/mol. The van der Waals surface area contributed by atoms with E-state index in [1.807, 2.05) is 25.1 Å². The molecule has 0 aromatic heterocycles. The zero-order chi connectivity index (χ0) is 11.5. The van der Waals surface area contributed by atoms with Gasteiger partial charge in [0.1, 0.15) is 0 Å². The quantitative estimate of drug-likeness (QED) is 0.810. The molecular formula is C14H19NO. The summed E-state index contributed by atoms with van der Waals surface area (Å²) < 4.78 is 0. The molecule has 1 aliphatic rings. The van der Waals surface area contributed by atoms with E-state index < -0.39 is 0 Å². The summed E-state index contributed by atoms with van der Waals surface area (Å²) in [5.74, 6) is 0.871. The Labute approximate surface area is 97.1 Å². The SMILES string of the molecule is CC[C@H]1CC(c2ccccc2)NC(=O)[C@@H]1C. The predicted octanol–water partition coefficient (Wildman–Crippen LogP) is 2.91. The van der Waals surface area contributed by atoms with Gasteiger partial charge in [0.05, 0.1) is 6.04 Å². The lowest BCUT2D eigenvalue weighted by Crippen LogP contribution is -2.42. The van der Waals surface area contributed by atoms with Crippen molar-refractivity contribution >= 4 is 5.91 Å². The molecule has 1 aliphatic heterocycles. The molecule has 1 unspecified atom stereocenters. The van der Waals surface area contributed by atoms with Crippen molar-refractivity contribution in [2.45, 2.75) is 32.7 Å². The molecule has 3 atom stereocenters. The van der Waals surface area contributed by atoms with Crippen molar-refractivity contribution in [1.82, 2.24) is 5.32 Å². The molecule has 2 rings (SSSR count). The largest absolute Gasteiger partial charge is 0.349 e. The Morgan fingerprint density at radius 2 is 2.00 bits per heavy atom. The van der Waals surface area contributed by atoms with E-state index in [4.69, 9.17) is 0 Å². The minimum Gasteiger partial charge on any atom is -0.349 e. The number of hydrogen-bond acceptors (Lipinski definition) is 1. The van der Waals surface area contributed by atoms with E-state index >= 15 is 0 Å². The number of piperidine rings is 1. The molecule has 2 nitrogen and oxygen atoms in total. The number of nitrogens with one attached hydrogen (secondary N) is 1. The van der Waals surface area contributed by atoms with Gasteiger partial charge < -0.3 is 5.32 Å². The van der Waals surface area contributed by atoms with Gasteiger partial charge in [-0.1, -0.05) is 50.6 Å². The molecule has 16 heavy (non-hydrogen) atoms. The summed E-state index contributed by atoms with van der Waals surface area (Å²) in [6.07, 6.45) is 2.14. The zero-order valence-electron chi connectivity index (χ0n) is 9.94. The molecule has 0 radical (unpaired) electrons. The molecule has 1 aromatic carbocycles. The minimum atomic E-state index is 0.157. The van der Waals surface area contributed by atoms with Crippen LogP contribution in [0.1, 0.15) is 38.3 Å². The van der Waals surface area contributed by atoms with Gasteiger partial charge in [-0.3, -0.25) is 4.79 Å². The van der Waals surface area contributed by atoms with E-state index in [0.29, 0.717) is 5.92 Å². The van der Waals surface area contributed by atoms with Crippen LogP contribution >= 0.6 is 0 Å². The molecule has 1 amide bonds. The maximum atomic E-state index is 11.8. The predicted molar refractivity (Wildman–Crippen MR) is 64.9 cm³/mol. The van der Waals surface area contributed by atoms with Gasteiger partial charge in [0.2, 0.25) is 5.91 Å². The van der Waals surface area contributed by atoms with E-state index in [2.05, 4.69) is 24.4 Å². The first kappa shape index (κ1) is 11.2. The van der Waals surface area contributed by atoms with Crippen LogP contribution in [0.2, 0.25) is 0 Å². The average molecular weight is 217 g/mol. The molecule has 1 saturated heterocycles. The molecule has 0 saturated carbocycles. The Balaban J connectivity index is 2.16. The second-order valence-electron chi connectivity index (χ2n) is 4.66. The number of carbonyl (C=O) groups is 1. The summed E-state index contributed by atoms with van der Waals surface area (Å²) in [5.41, 5.74) is 1.22. The van der Waals surface area contributed by atoms with E-state index in [9.17, 15) is 4.79 Å². The van der Waals surface area contributed by atoms with Crippen LogP contribution in [0.4, 0.5) is 0 Å². The van der Waals surface area contributed by atoms with Crippen LogP contribution in [0.25, 0.3) is 0 Å². The van der Waals surface area contributed by atoms with Crippen molar-refractivity contribution < 1.29 is 4.79 Å². The first-order valence-electron chi connectivity index (χ1n) is 6.07. The molecule has 1 N–H and O–H groups in total. The second kappa shape index (κ2) is 4.69. The Bertz CT molecular complexity index is 360. The topological polar surface area (TPSA) is 29.1 Å². The molecule has 1 fully saturated rings. The Hall–Kier alpha value is -1.31. The van der Waals surface area contributed by atoms with E-state index in [-0.39, 0.29) is 17.9 Å². The highest BCUT2D eigenvalue weighted by atomic mass is 16.2. The fourth-order valence-corrected chi connectivity index (χ4v) is 2.51. The summed E-state index contributed by atoms with van der Waals surface area (Å²) in [7, 11) is 0. The van der Waals surface area contributed by atoms with Gasteiger partial charge >= 0.3 is 0 Å². The van der Waals surface area contributed by atoms with Crippen LogP contribution in [0.3, 0.4) is 0 Å². The van der Waals surface area contributed by atoms with Crippen molar-refractivity contribution in [3.05, 3.63) is 35.9 Å². The smallest absolute Gasteiger partial charge is 0.223 e. The van der Waals surface area contributed by atoms with E-state index in [0.717, 1.165) is 12.8 Å². The van der Waals surface area contributed by atoms with Crippen LogP contribution in [0.15, 0.2) is 30.3 Å². The monoisotopic (exact) mass is 217 g/mol. The number of amides is 1. The van der Waals surface area contributed by atoms with Gasteiger partial charge in [0.15, 0.2) is 0 Å². The van der Waals surface area contributed by atoms with Crippen LogP contribution < -0.4 is 5.32 Å². The fourth-order valence-electron chi connectivity index (χ4n) is 2.51. The molecule has 0 aliphatic carbocycles. The van der Waals surface area contributed by atoms with Crippen molar-refractivity contribution in [1.29, 1.82) is 0 Å². The lowest BCUT2D eigenvalue weighted by molar-refractivity contribution is -0.129. The van der Waals surface area contributed by atoms with Crippen molar-refractivity contribution in [2.24, 2.45) is 11.8 Å². The minimum absolute atomic E-state index is 0.157. The molecule has 1 aromatic rings. The Morgan fingerprint density at radius 3 is 2.62 bits per heavy atom. The summed E-state index contributed by atoms with van der Waals surface area (Å²) in [5, 5.41) is 3.11. The normalized spacial score (nSPS) is 29.9. The first-order valence-corrected chi connectivity index (χ1v) is 6.07. The average Bonchev–Trinajstić information content (AvgIpc) is 2.33. The third kappa shape index (κ3) is 2.11. The number of carbonyl (C=O) groups excluding carboxylic acids is 1.